The molecule has 0 bridgehead atoms. The minimum atomic E-state index is -4.98. The number of hydrogen-bond acceptors (Lipinski definition) is 4. The Morgan fingerprint density at radius 3 is 2.16 bits per heavy atom. The van der Waals surface area contributed by atoms with Gasteiger partial charge in [0.05, 0.1) is 5.56 Å². The zero-order valence-electron chi connectivity index (χ0n) is 9.08. The Balaban J connectivity index is 3.81. The summed E-state index contributed by atoms with van der Waals surface area (Å²) in [5, 5.41) is 4.66. The van der Waals surface area contributed by atoms with Crippen LogP contribution in [0.15, 0.2) is 11.1 Å². The Morgan fingerprint density at radius 2 is 1.84 bits per heavy atom. The fourth-order valence-corrected chi connectivity index (χ4v) is 2.44. The second kappa shape index (κ2) is 4.98. The predicted molar refractivity (Wildman–Crippen MR) is 53.5 cm³/mol. The standard InChI is InChI=1S/C8H8F5N3O2S/c9-7(10)5-6(19(15,17)18)3(1-14)4(2-16-5)8(11,12)13/h2,7H,1,14H2,(H2,15,17,18). The molecule has 0 aromatic carbocycles. The fourth-order valence-electron chi connectivity index (χ4n) is 1.47. The summed E-state index contributed by atoms with van der Waals surface area (Å²) in [7, 11) is -4.83. The first-order valence-corrected chi connectivity index (χ1v) is 6.14. The van der Waals surface area contributed by atoms with Crippen LogP contribution in [0.4, 0.5) is 22.0 Å². The second-order valence-electron chi connectivity index (χ2n) is 3.41. The summed E-state index contributed by atoms with van der Waals surface area (Å²) in [6.07, 6.45) is -8.28. The molecule has 0 amide bonds. The lowest BCUT2D eigenvalue weighted by Crippen LogP contribution is -2.23. The van der Waals surface area contributed by atoms with Crippen molar-refractivity contribution in [2.45, 2.75) is 24.0 Å². The van der Waals surface area contributed by atoms with E-state index in [0.717, 1.165) is 0 Å². The first-order valence-electron chi connectivity index (χ1n) is 4.60. The molecule has 0 radical (unpaired) electrons. The van der Waals surface area contributed by atoms with Crippen molar-refractivity contribution in [3.05, 3.63) is 23.0 Å². The van der Waals surface area contributed by atoms with Gasteiger partial charge >= 0.3 is 6.18 Å². The van der Waals surface area contributed by atoms with E-state index in [4.69, 9.17) is 5.73 Å². The molecule has 4 N–H and O–H groups in total. The third-order valence-corrected chi connectivity index (χ3v) is 3.19. The maximum absolute atomic E-state index is 12.6. The van der Waals surface area contributed by atoms with Gasteiger partial charge in [-0.1, -0.05) is 0 Å². The van der Waals surface area contributed by atoms with Crippen molar-refractivity contribution in [1.29, 1.82) is 0 Å². The summed E-state index contributed by atoms with van der Waals surface area (Å²) in [5.74, 6) is 0. The molecule has 1 aromatic heterocycles. The van der Waals surface area contributed by atoms with Crippen LogP contribution in [-0.2, 0) is 22.7 Å². The smallest absolute Gasteiger partial charge is 0.326 e. The lowest BCUT2D eigenvalue weighted by Gasteiger charge is -2.16. The van der Waals surface area contributed by atoms with Crippen LogP contribution in [0.2, 0.25) is 0 Å². The monoisotopic (exact) mass is 305 g/mol. The van der Waals surface area contributed by atoms with Crippen LogP contribution in [0.25, 0.3) is 0 Å². The summed E-state index contributed by atoms with van der Waals surface area (Å²) in [6.45, 7) is -0.928. The van der Waals surface area contributed by atoms with E-state index in [9.17, 15) is 30.4 Å². The second-order valence-corrected chi connectivity index (χ2v) is 4.91. The van der Waals surface area contributed by atoms with Gasteiger partial charge in [-0.15, -0.1) is 0 Å². The molecule has 5 nitrogen and oxygen atoms in total. The summed E-state index contributed by atoms with van der Waals surface area (Å²) < 4.78 is 85.4. The quantitative estimate of drug-likeness (QED) is 0.818. The van der Waals surface area contributed by atoms with Crippen LogP contribution >= 0.6 is 0 Å². The zero-order chi connectivity index (χ0) is 15.0. The highest BCUT2D eigenvalue weighted by molar-refractivity contribution is 7.89. The summed E-state index contributed by atoms with van der Waals surface area (Å²) >= 11 is 0. The van der Waals surface area contributed by atoms with Gasteiger partial charge in [0.2, 0.25) is 10.0 Å². The van der Waals surface area contributed by atoms with Gasteiger partial charge in [-0.3, -0.25) is 4.98 Å². The SMILES string of the molecule is NCc1c(C(F)(F)F)cnc(C(F)F)c1S(N)(=O)=O. The van der Waals surface area contributed by atoms with E-state index in [1.165, 1.54) is 0 Å². The van der Waals surface area contributed by atoms with E-state index in [1.807, 2.05) is 0 Å². The largest absolute Gasteiger partial charge is 0.418 e. The fraction of sp³-hybridized carbons (Fsp3) is 0.375. The minimum absolute atomic E-state index is 0.109. The molecule has 0 fully saturated rings. The number of primary sulfonamides is 1. The highest BCUT2D eigenvalue weighted by Gasteiger charge is 2.38. The van der Waals surface area contributed by atoms with Crippen molar-refractivity contribution in [3.8, 4) is 0 Å². The molecule has 0 saturated heterocycles. The number of alkyl halides is 5. The number of sulfonamides is 1. The molecule has 0 atom stereocenters. The van der Waals surface area contributed by atoms with Gasteiger partial charge in [0.25, 0.3) is 6.43 Å². The average molecular weight is 305 g/mol. The van der Waals surface area contributed by atoms with Crippen LogP contribution < -0.4 is 10.9 Å². The van der Waals surface area contributed by atoms with Crippen molar-refractivity contribution in [3.63, 3.8) is 0 Å². The van der Waals surface area contributed by atoms with Crippen LogP contribution in [0.5, 0.6) is 0 Å². The molecule has 19 heavy (non-hydrogen) atoms. The number of rotatable bonds is 3. The highest BCUT2D eigenvalue weighted by atomic mass is 32.2. The van der Waals surface area contributed by atoms with Crippen molar-refractivity contribution >= 4 is 10.0 Å². The molecule has 0 spiro atoms. The van der Waals surface area contributed by atoms with E-state index >= 15 is 0 Å². The number of pyridine rings is 1. The van der Waals surface area contributed by atoms with Crippen molar-refractivity contribution < 1.29 is 30.4 Å². The Bertz CT molecular complexity index is 585. The Hall–Kier alpha value is -1.33. The first-order chi connectivity index (χ1) is 8.50. The van der Waals surface area contributed by atoms with Gasteiger partial charge in [0.15, 0.2) is 0 Å². The Kier molecular flexibility index (Phi) is 4.12. The maximum Gasteiger partial charge on any atom is 0.418 e. The summed E-state index contributed by atoms with van der Waals surface area (Å²) in [4.78, 5) is 1.46. The number of hydrogen-bond donors (Lipinski definition) is 2. The third kappa shape index (κ3) is 3.16. The Labute approximate surface area is 104 Å². The lowest BCUT2D eigenvalue weighted by atomic mass is 10.1. The van der Waals surface area contributed by atoms with E-state index in [-0.39, 0.29) is 6.20 Å². The van der Waals surface area contributed by atoms with Crippen LogP contribution in [-0.4, -0.2) is 13.4 Å². The first kappa shape index (κ1) is 15.7. The molecule has 0 unspecified atom stereocenters. The molecule has 108 valence electrons. The van der Waals surface area contributed by atoms with Gasteiger partial charge in [0.1, 0.15) is 10.6 Å². The van der Waals surface area contributed by atoms with Crippen molar-refractivity contribution in [1.82, 2.24) is 4.98 Å². The van der Waals surface area contributed by atoms with E-state index in [0.29, 0.717) is 0 Å². The molecule has 1 heterocycles. The van der Waals surface area contributed by atoms with Crippen molar-refractivity contribution in [2.24, 2.45) is 10.9 Å². The number of nitrogens with two attached hydrogens (primary N) is 2. The summed E-state index contributed by atoms with van der Waals surface area (Å²) in [5.41, 5.74) is 1.13. The number of nitrogens with zero attached hydrogens (tertiary/aromatic N) is 1. The minimum Gasteiger partial charge on any atom is -0.326 e. The molecule has 0 saturated carbocycles. The number of halogens is 5. The molecule has 1 rings (SSSR count). The van der Waals surface area contributed by atoms with Crippen LogP contribution in [0.3, 0.4) is 0 Å². The molecule has 1 aromatic rings. The molecule has 0 aliphatic rings. The van der Waals surface area contributed by atoms with Gasteiger partial charge < -0.3 is 5.73 Å². The predicted octanol–water partition coefficient (Wildman–Crippen LogP) is 1.14. The molecule has 0 aliphatic heterocycles. The van der Waals surface area contributed by atoms with Crippen molar-refractivity contribution in [2.75, 3.05) is 0 Å². The molecular weight excluding hydrogens is 297 g/mol. The topological polar surface area (TPSA) is 99.1 Å². The van der Waals surface area contributed by atoms with E-state index < -0.39 is 50.9 Å². The van der Waals surface area contributed by atoms with Crippen LogP contribution in [0.1, 0.15) is 23.2 Å². The van der Waals surface area contributed by atoms with Crippen LogP contribution in [0, 0.1) is 0 Å². The third-order valence-electron chi connectivity index (χ3n) is 2.17. The van der Waals surface area contributed by atoms with Gasteiger partial charge in [-0.05, 0) is 0 Å². The molecular formula is C8H8F5N3O2S. The van der Waals surface area contributed by atoms with Gasteiger partial charge in [-0.25, -0.2) is 22.3 Å². The molecule has 11 heteroatoms. The zero-order valence-corrected chi connectivity index (χ0v) is 9.89. The lowest BCUT2D eigenvalue weighted by molar-refractivity contribution is -0.138. The Morgan fingerprint density at radius 1 is 1.32 bits per heavy atom. The van der Waals surface area contributed by atoms with Gasteiger partial charge in [0, 0.05) is 18.3 Å². The van der Waals surface area contributed by atoms with Gasteiger partial charge in [-0.2, -0.15) is 13.2 Å². The number of aromatic nitrogens is 1. The average Bonchev–Trinajstić information content (AvgIpc) is 2.24. The summed E-state index contributed by atoms with van der Waals surface area (Å²) in [6, 6.07) is 0. The highest BCUT2D eigenvalue weighted by Crippen LogP contribution is 2.36. The maximum atomic E-state index is 12.6. The van der Waals surface area contributed by atoms with E-state index in [2.05, 4.69) is 10.1 Å². The van der Waals surface area contributed by atoms with E-state index in [1.54, 1.807) is 0 Å². The molecule has 0 aliphatic carbocycles. The normalized spacial score (nSPS) is 13.1.